The zero-order chi connectivity index (χ0) is 12.3. The Kier molecular flexibility index (Phi) is 4.14. The number of aromatic nitrogens is 2. The second kappa shape index (κ2) is 5.00. The van der Waals surface area contributed by atoms with Gasteiger partial charge in [0.15, 0.2) is 0 Å². The molecular formula is C13H24N2O. The van der Waals surface area contributed by atoms with Crippen molar-refractivity contribution in [2.24, 2.45) is 11.3 Å². The van der Waals surface area contributed by atoms with Crippen molar-refractivity contribution in [2.45, 2.75) is 53.7 Å². The van der Waals surface area contributed by atoms with Gasteiger partial charge in [-0.3, -0.25) is 4.68 Å². The largest absolute Gasteiger partial charge is 0.387 e. The minimum absolute atomic E-state index is 0.234. The molecule has 0 amide bonds. The van der Waals surface area contributed by atoms with E-state index >= 15 is 0 Å². The molecule has 0 saturated carbocycles. The third kappa shape index (κ3) is 3.08. The summed E-state index contributed by atoms with van der Waals surface area (Å²) in [5.41, 5.74) is 1.16. The molecule has 3 nitrogen and oxygen atoms in total. The molecule has 0 aliphatic heterocycles. The van der Waals surface area contributed by atoms with Gasteiger partial charge in [-0.1, -0.05) is 27.7 Å². The van der Waals surface area contributed by atoms with Crippen LogP contribution in [0.4, 0.5) is 0 Å². The molecule has 1 heterocycles. The van der Waals surface area contributed by atoms with Gasteiger partial charge in [0.1, 0.15) is 0 Å². The maximum absolute atomic E-state index is 10.2. The maximum Gasteiger partial charge on any atom is 0.0959 e. The molecule has 0 radical (unpaired) electrons. The van der Waals surface area contributed by atoms with Crippen molar-refractivity contribution in [1.29, 1.82) is 0 Å². The van der Waals surface area contributed by atoms with E-state index in [1.54, 1.807) is 6.20 Å². The van der Waals surface area contributed by atoms with Crippen LogP contribution in [0, 0.1) is 11.3 Å². The van der Waals surface area contributed by atoms with Crippen molar-refractivity contribution in [2.75, 3.05) is 0 Å². The number of rotatable bonds is 4. The van der Waals surface area contributed by atoms with E-state index in [1.165, 1.54) is 0 Å². The van der Waals surface area contributed by atoms with Crippen molar-refractivity contribution in [1.82, 2.24) is 9.78 Å². The lowest BCUT2D eigenvalue weighted by molar-refractivity contribution is 0.103. The van der Waals surface area contributed by atoms with Crippen LogP contribution < -0.4 is 0 Å². The van der Waals surface area contributed by atoms with Gasteiger partial charge in [-0.25, -0.2) is 0 Å². The summed E-state index contributed by atoms with van der Waals surface area (Å²) in [6, 6.07) is 1.91. The molecule has 16 heavy (non-hydrogen) atoms. The van der Waals surface area contributed by atoms with E-state index in [-0.39, 0.29) is 5.41 Å². The molecule has 2 atom stereocenters. The highest BCUT2D eigenvalue weighted by atomic mass is 16.3. The Morgan fingerprint density at radius 2 is 2.06 bits per heavy atom. The Balaban J connectivity index is 2.69. The fourth-order valence-electron chi connectivity index (χ4n) is 1.70. The minimum atomic E-state index is -0.406. The number of nitrogens with zero attached hydrogens (tertiary/aromatic N) is 2. The molecule has 0 fully saturated rings. The zero-order valence-corrected chi connectivity index (χ0v) is 11.1. The van der Waals surface area contributed by atoms with E-state index in [1.807, 2.05) is 17.7 Å². The second-order valence-corrected chi connectivity index (χ2v) is 5.59. The van der Waals surface area contributed by atoms with Gasteiger partial charge >= 0.3 is 0 Å². The van der Waals surface area contributed by atoms with Crippen LogP contribution in [0.1, 0.15) is 52.8 Å². The summed E-state index contributed by atoms with van der Waals surface area (Å²) in [7, 11) is 0. The van der Waals surface area contributed by atoms with Crippen molar-refractivity contribution >= 4 is 0 Å². The smallest absolute Gasteiger partial charge is 0.0959 e. The normalized spacial score (nSPS) is 16.1. The third-order valence-corrected chi connectivity index (χ3v) is 3.45. The number of hydrogen-bond donors (Lipinski definition) is 1. The average Bonchev–Trinajstić information content (AvgIpc) is 2.63. The number of hydrogen-bond acceptors (Lipinski definition) is 2. The standard InChI is InChI=1S/C13H24N2O/c1-6-15-11(7-8-14-15)12(16)9-10(2)13(3,4)5/h7-8,10,12,16H,6,9H2,1-5H3. The van der Waals surface area contributed by atoms with Crippen LogP contribution in [0.5, 0.6) is 0 Å². The van der Waals surface area contributed by atoms with Gasteiger partial charge in [0.05, 0.1) is 11.8 Å². The first-order valence-corrected chi connectivity index (χ1v) is 6.06. The lowest BCUT2D eigenvalue weighted by Crippen LogP contribution is -2.21. The van der Waals surface area contributed by atoms with Crippen molar-refractivity contribution in [3.05, 3.63) is 18.0 Å². The second-order valence-electron chi connectivity index (χ2n) is 5.59. The molecule has 3 heteroatoms. The van der Waals surface area contributed by atoms with Crippen molar-refractivity contribution < 1.29 is 5.11 Å². The van der Waals surface area contributed by atoms with Gasteiger partial charge in [-0.2, -0.15) is 5.10 Å². The highest BCUT2D eigenvalue weighted by molar-refractivity contribution is 5.04. The Bertz CT molecular complexity index is 325. The molecule has 0 aromatic carbocycles. The van der Waals surface area contributed by atoms with Crippen LogP contribution in [0.2, 0.25) is 0 Å². The van der Waals surface area contributed by atoms with Crippen LogP contribution in [-0.4, -0.2) is 14.9 Å². The molecule has 0 spiro atoms. The topological polar surface area (TPSA) is 38.0 Å². The summed E-state index contributed by atoms with van der Waals surface area (Å²) >= 11 is 0. The molecule has 1 rings (SSSR count). The molecule has 0 aliphatic carbocycles. The summed E-state index contributed by atoms with van der Waals surface area (Å²) in [5, 5.41) is 14.4. The average molecular weight is 224 g/mol. The van der Waals surface area contributed by atoms with Gasteiger partial charge in [-0.05, 0) is 30.7 Å². The zero-order valence-electron chi connectivity index (χ0n) is 11.1. The predicted octanol–water partition coefficient (Wildman–Crippen LogP) is 3.01. The van der Waals surface area contributed by atoms with Gasteiger partial charge in [0.25, 0.3) is 0 Å². The van der Waals surface area contributed by atoms with Crippen LogP contribution in [0.15, 0.2) is 12.3 Å². The Morgan fingerprint density at radius 1 is 1.44 bits per heavy atom. The fraction of sp³-hybridized carbons (Fsp3) is 0.769. The van der Waals surface area contributed by atoms with E-state index in [0.29, 0.717) is 5.92 Å². The van der Waals surface area contributed by atoms with E-state index in [9.17, 15) is 5.11 Å². The predicted molar refractivity (Wildman–Crippen MR) is 66.1 cm³/mol. The molecule has 92 valence electrons. The van der Waals surface area contributed by atoms with E-state index in [0.717, 1.165) is 18.7 Å². The van der Waals surface area contributed by atoms with E-state index in [2.05, 4.69) is 32.8 Å². The minimum Gasteiger partial charge on any atom is -0.387 e. The molecule has 0 saturated heterocycles. The lowest BCUT2D eigenvalue weighted by atomic mass is 9.78. The Hall–Kier alpha value is -0.830. The summed E-state index contributed by atoms with van der Waals surface area (Å²) in [4.78, 5) is 0. The Labute approximate surface area is 98.5 Å². The van der Waals surface area contributed by atoms with Crippen molar-refractivity contribution in [3.8, 4) is 0 Å². The first kappa shape index (κ1) is 13.2. The van der Waals surface area contributed by atoms with Crippen LogP contribution in [0.25, 0.3) is 0 Å². The SMILES string of the molecule is CCn1nccc1C(O)CC(C)C(C)(C)C. The molecule has 1 aromatic heterocycles. The van der Waals surface area contributed by atoms with Crippen molar-refractivity contribution in [3.63, 3.8) is 0 Å². The van der Waals surface area contributed by atoms with Crippen LogP contribution in [-0.2, 0) is 6.54 Å². The summed E-state index contributed by atoms with van der Waals surface area (Å²) in [5.74, 6) is 0.475. The molecular weight excluding hydrogens is 200 g/mol. The third-order valence-electron chi connectivity index (χ3n) is 3.45. The number of aryl methyl sites for hydroxylation is 1. The summed E-state index contributed by atoms with van der Waals surface area (Å²) < 4.78 is 1.86. The number of aliphatic hydroxyl groups excluding tert-OH is 1. The quantitative estimate of drug-likeness (QED) is 0.853. The summed E-state index contributed by atoms with van der Waals surface area (Å²) in [6.45, 7) is 11.7. The fourth-order valence-corrected chi connectivity index (χ4v) is 1.70. The molecule has 1 aromatic rings. The van der Waals surface area contributed by atoms with E-state index in [4.69, 9.17) is 0 Å². The molecule has 0 bridgehead atoms. The Morgan fingerprint density at radius 3 is 2.56 bits per heavy atom. The van der Waals surface area contributed by atoms with Gasteiger partial charge in [0.2, 0.25) is 0 Å². The maximum atomic E-state index is 10.2. The van der Waals surface area contributed by atoms with Crippen LogP contribution >= 0.6 is 0 Å². The highest BCUT2D eigenvalue weighted by Gasteiger charge is 2.24. The van der Waals surface area contributed by atoms with Gasteiger partial charge in [0, 0.05) is 12.7 Å². The van der Waals surface area contributed by atoms with Crippen LogP contribution in [0.3, 0.4) is 0 Å². The first-order valence-electron chi connectivity index (χ1n) is 6.06. The van der Waals surface area contributed by atoms with Gasteiger partial charge in [-0.15, -0.1) is 0 Å². The molecule has 1 N–H and O–H groups in total. The number of aliphatic hydroxyl groups is 1. The molecule has 2 unspecified atom stereocenters. The van der Waals surface area contributed by atoms with Gasteiger partial charge < -0.3 is 5.11 Å². The van der Waals surface area contributed by atoms with E-state index < -0.39 is 6.10 Å². The monoisotopic (exact) mass is 224 g/mol. The lowest BCUT2D eigenvalue weighted by Gasteiger charge is -2.29. The summed E-state index contributed by atoms with van der Waals surface area (Å²) in [6.07, 6.45) is 2.13. The molecule has 0 aliphatic rings. The first-order chi connectivity index (χ1) is 7.36. The highest BCUT2D eigenvalue weighted by Crippen LogP contribution is 2.33.